The second-order valence-electron chi connectivity index (χ2n) is 4.72. The lowest BCUT2D eigenvalue weighted by atomic mass is 10.1. The van der Waals surface area contributed by atoms with Crippen LogP contribution in [0.3, 0.4) is 0 Å². The predicted octanol–water partition coefficient (Wildman–Crippen LogP) is 2.56. The molecule has 0 spiro atoms. The molecule has 3 N–H and O–H groups in total. The van der Waals surface area contributed by atoms with Crippen molar-refractivity contribution in [2.24, 2.45) is 7.05 Å². The molecule has 1 heterocycles. The summed E-state index contributed by atoms with van der Waals surface area (Å²) in [6.45, 7) is 3.71. The molecule has 106 valence electrons. The van der Waals surface area contributed by atoms with Crippen molar-refractivity contribution < 1.29 is 4.79 Å². The van der Waals surface area contributed by atoms with E-state index in [1.807, 2.05) is 31.2 Å². The number of rotatable bonds is 3. The first-order chi connectivity index (χ1) is 9.40. The first-order valence-electron chi connectivity index (χ1n) is 6.25. The summed E-state index contributed by atoms with van der Waals surface area (Å²) < 4.78 is 2.49. The molecule has 0 saturated heterocycles. The van der Waals surface area contributed by atoms with E-state index in [1.54, 1.807) is 14.0 Å². The van der Waals surface area contributed by atoms with Crippen LogP contribution in [-0.2, 0) is 7.05 Å². The summed E-state index contributed by atoms with van der Waals surface area (Å²) in [5, 5.41) is 7.08. The Balaban J connectivity index is 2.19. The second kappa shape index (κ2) is 5.66. The Morgan fingerprint density at radius 1 is 1.50 bits per heavy atom. The fourth-order valence-electron chi connectivity index (χ4n) is 2.07. The summed E-state index contributed by atoms with van der Waals surface area (Å²) in [5.41, 5.74) is 8.39. The van der Waals surface area contributed by atoms with Gasteiger partial charge in [0.15, 0.2) is 0 Å². The smallest absolute Gasteiger partial charge is 0.272 e. The van der Waals surface area contributed by atoms with Gasteiger partial charge in [0, 0.05) is 11.5 Å². The van der Waals surface area contributed by atoms with E-state index in [-0.39, 0.29) is 11.9 Å². The maximum atomic E-state index is 12.3. The van der Waals surface area contributed by atoms with Crippen LogP contribution in [-0.4, -0.2) is 15.7 Å². The average molecular weight is 337 g/mol. The van der Waals surface area contributed by atoms with E-state index in [0.29, 0.717) is 17.1 Å². The summed E-state index contributed by atoms with van der Waals surface area (Å²) in [6, 6.07) is 7.70. The molecule has 0 fully saturated rings. The van der Waals surface area contributed by atoms with E-state index in [2.05, 4.69) is 26.3 Å². The maximum absolute atomic E-state index is 12.3. The van der Waals surface area contributed by atoms with Crippen molar-refractivity contribution >= 4 is 27.5 Å². The summed E-state index contributed by atoms with van der Waals surface area (Å²) >= 11 is 3.42. The first kappa shape index (κ1) is 14.6. The molecule has 1 amide bonds. The van der Waals surface area contributed by atoms with Crippen molar-refractivity contribution in [3.05, 3.63) is 45.7 Å². The van der Waals surface area contributed by atoms with Gasteiger partial charge in [-0.15, -0.1) is 0 Å². The minimum atomic E-state index is -0.224. The van der Waals surface area contributed by atoms with Crippen LogP contribution in [0.25, 0.3) is 0 Å². The molecule has 5 nitrogen and oxygen atoms in total. The number of carbonyl (C=O) groups is 1. The minimum absolute atomic E-state index is 0.116. The van der Waals surface area contributed by atoms with Crippen LogP contribution in [0.15, 0.2) is 28.7 Å². The number of aromatic nitrogens is 2. The van der Waals surface area contributed by atoms with E-state index in [4.69, 9.17) is 5.73 Å². The van der Waals surface area contributed by atoms with Crippen molar-refractivity contribution in [2.45, 2.75) is 19.9 Å². The number of aryl methyl sites for hydroxylation is 2. The third-order valence-corrected chi connectivity index (χ3v) is 3.67. The second-order valence-corrected chi connectivity index (χ2v) is 5.64. The molecule has 0 aliphatic heterocycles. The van der Waals surface area contributed by atoms with Crippen LogP contribution >= 0.6 is 15.9 Å². The SMILES string of the molecule is Cc1nn(C)c(C(=O)NC(C)c2cccc(Br)c2)c1N. The van der Waals surface area contributed by atoms with Crippen LogP contribution in [0.2, 0.25) is 0 Å². The van der Waals surface area contributed by atoms with Gasteiger partial charge in [0.25, 0.3) is 5.91 Å². The van der Waals surface area contributed by atoms with Crippen LogP contribution in [0, 0.1) is 6.92 Å². The largest absolute Gasteiger partial charge is 0.395 e. The van der Waals surface area contributed by atoms with Crippen molar-refractivity contribution in [1.82, 2.24) is 15.1 Å². The zero-order valence-corrected chi connectivity index (χ0v) is 13.2. The Hall–Kier alpha value is -1.82. The molecule has 1 aromatic heterocycles. The minimum Gasteiger partial charge on any atom is -0.395 e. The normalized spacial score (nSPS) is 12.2. The molecule has 1 unspecified atom stereocenters. The van der Waals surface area contributed by atoms with Crippen molar-refractivity contribution in [2.75, 3.05) is 5.73 Å². The van der Waals surface area contributed by atoms with Crippen LogP contribution in [0.1, 0.15) is 34.7 Å². The van der Waals surface area contributed by atoms with Gasteiger partial charge in [0.2, 0.25) is 0 Å². The lowest BCUT2D eigenvalue weighted by molar-refractivity contribution is 0.0931. The highest BCUT2D eigenvalue weighted by Gasteiger charge is 2.19. The van der Waals surface area contributed by atoms with Gasteiger partial charge in [-0.05, 0) is 31.5 Å². The maximum Gasteiger partial charge on any atom is 0.272 e. The van der Waals surface area contributed by atoms with Gasteiger partial charge in [0.1, 0.15) is 5.69 Å². The lowest BCUT2D eigenvalue weighted by Gasteiger charge is -2.15. The summed E-state index contributed by atoms with van der Waals surface area (Å²) in [6.07, 6.45) is 0. The summed E-state index contributed by atoms with van der Waals surface area (Å²) in [4.78, 5) is 12.3. The number of hydrogen-bond acceptors (Lipinski definition) is 3. The average Bonchev–Trinajstić information content (AvgIpc) is 2.63. The number of nitrogens with one attached hydrogen (secondary N) is 1. The summed E-state index contributed by atoms with van der Waals surface area (Å²) in [5.74, 6) is -0.224. The van der Waals surface area contributed by atoms with Gasteiger partial charge < -0.3 is 11.1 Å². The van der Waals surface area contributed by atoms with Crippen LogP contribution in [0.5, 0.6) is 0 Å². The number of halogens is 1. The number of amides is 1. The van der Waals surface area contributed by atoms with E-state index in [0.717, 1.165) is 10.0 Å². The number of hydrogen-bond donors (Lipinski definition) is 2. The molecule has 2 aromatic rings. The molecule has 2 rings (SSSR count). The van der Waals surface area contributed by atoms with Gasteiger partial charge in [-0.3, -0.25) is 9.48 Å². The molecule has 0 radical (unpaired) electrons. The van der Waals surface area contributed by atoms with E-state index in [9.17, 15) is 4.79 Å². The predicted molar refractivity (Wildman–Crippen MR) is 82.4 cm³/mol. The van der Waals surface area contributed by atoms with Crippen LogP contribution in [0.4, 0.5) is 5.69 Å². The fourth-order valence-corrected chi connectivity index (χ4v) is 2.49. The number of nitrogen functional groups attached to an aromatic ring is 1. The number of anilines is 1. The molecule has 0 aliphatic rings. The van der Waals surface area contributed by atoms with Crippen molar-refractivity contribution in [3.63, 3.8) is 0 Å². The topological polar surface area (TPSA) is 72.9 Å². The van der Waals surface area contributed by atoms with Gasteiger partial charge in [-0.1, -0.05) is 28.1 Å². The Labute approximate surface area is 126 Å². The Bertz CT molecular complexity index is 651. The number of nitrogens with zero attached hydrogens (tertiary/aromatic N) is 2. The number of nitrogens with two attached hydrogens (primary N) is 1. The third kappa shape index (κ3) is 2.85. The monoisotopic (exact) mass is 336 g/mol. The molecule has 20 heavy (non-hydrogen) atoms. The lowest BCUT2D eigenvalue weighted by Crippen LogP contribution is -2.29. The fraction of sp³-hybridized carbons (Fsp3) is 0.286. The van der Waals surface area contributed by atoms with Crippen molar-refractivity contribution in [3.8, 4) is 0 Å². The Kier molecular flexibility index (Phi) is 4.13. The van der Waals surface area contributed by atoms with Crippen LogP contribution < -0.4 is 11.1 Å². The van der Waals surface area contributed by atoms with Gasteiger partial charge in [0.05, 0.1) is 17.4 Å². The molecule has 1 aromatic carbocycles. The standard InChI is InChI=1S/C14H17BrN4O/c1-8(10-5-4-6-11(15)7-10)17-14(20)13-12(16)9(2)18-19(13)3/h4-8H,16H2,1-3H3,(H,17,20). The van der Waals surface area contributed by atoms with E-state index >= 15 is 0 Å². The molecule has 1 atom stereocenters. The van der Waals surface area contributed by atoms with Crippen molar-refractivity contribution in [1.29, 1.82) is 0 Å². The van der Waals surface area contributed by atoms with Gasteiger partial charge >= 0.3 is 0 Å². The Morgan fingerprint density at radius 3 is 2.75 bits per heavy atom. The molecule has 0 saturated carbocycles. The quantitative estimate of drug-likeness (QED) is 0.904. The highest BCUT2D eigenvalue weighted by atomic mass is 79.9. The molecule has 0 bridgehead atoms. The molecular formula is C14H17BrN4O. The van der Waals surface area contributed by atoms with E-state index < -0.39 is 0 Å². The van der Waals surface area contributed by atoms with E-state index in [1.165, 1.54) is 4.68 Å². The molecule has 6 heteroatoms. The third-order valence-electron chi connectivity index (χ3n) is 3.18. The number of carbonyl (C=O) groups excluding carboxylic acids is 1. The molecule has 0 aliphatic carbocycles. The zero-order chi connectivity index (χ0) is 14.9. The molecular weight excluding hydrogens is 320 g/mol. The number of benzene rings is 1. The van der Waals surface area contributed by atoms with Gasteiger partial charge in [-0.25, -0.2) is 0 Å². The zero-order valence-electron chi connectivity index (χ0n) is 11.6. The Morgan fingerprint density at radius 2 is 2.20 bits per heavy atom. The summed E-state index contributed by atoms with van der Waals surface area (Å²) in [7, 11) is 1.71. The highest BCUT2D eigenvalue weighted by Crippen LogP contribution is 2.20. The van der Waals surface area contributed by atoms with Gasteiger partial charge in [-0.2, -0.15) is 5.10 Å². The highest BCUT2D eigenvalue weighted by molar-refractivity contribution is 9.10. The first-order valence-corrected chi connectivity index (χ1v) is 7.05.